The zero-order chi connectivity index (χ0) is 12.5. The van der Waals surface area contributed by atoms with Crippen LogP contribution in [0.25, 0.3) is 0 Å². The highest BCUT2D eigenvalue weighted by Crippen LogP contribution is 2.36. The third-order valence-corrected chi connectivity index (χ3v) is 4.71. The highest BCUT2D eigenvalue weighted by Gasteiger charge is 2.29. The van der Waals surface area contributed by atoms with Gasteiger partial charge in [0.05, 0.1) is 5.69 Å². The molecule has 1 aliphatic carbocycles. The molecule has 100 valence electrons. The highest BCUT2D eigenvalue weighted by molar-refractivity contribution is 5.21. The SMILES string of the molecule is CCc1nc2c(n1C1CCCCC1C)CCNC2. The minimum absolute atomic E-state index is 0.711. The van der Waals surface area contributed by atoms with E-state index in [0.717, 1.165) is 31.8 Å². The van der Waals surface area contributed by atoms with Gasteiger partial charge in [-0.15, -0.1) is 0 Å². The van der Waals surface area contributed by atoms with Crippen LogP contribution in [-0.2, 0) is 19.4 Å². The Morgan fingerprint density at radius 1 is 1.33 bits per heavy atom. The minimum atomic E-state index is 0.711. The van der Waals surface area contributed by atoms with Gasteiger partial charge in [-0.1, -0.05) is 26.7 Å². The Labute approximate surface area is 110 Å². The Balaban J connectivity index is 2.00. The normalized spacial score (nSPS) is 28.1. The van der Waals surface area contributed by atoms with Crippen molar-refractivity contribution in [2.75, 3.05) is 6.54 Å². The molecule has 0 aromatic carbocycles. The van der Waals surface area contributed by atoms with Crippen LogP contribution in [0.2, 0.25) is 0 Å². The molecule has 2 unspecified atom stereocenters. The Morgan fingerprint density at radius 2 is 2.17 bits per heavy atom. The van der Waals surface area contributed by atoms with Gasteiger partial charge in [0.1, 0.15) is 5.82 Å². The summed E-state index contributed by atoms with van der Waals surface area (Å²) in [6.07, 6.45) is 7.77. The Morgan fingerprint density at radius 3 is 2.94 bits per heavy atom. The average Bonchev–Trinajstić information content (AvgIpc) is 2.78. The molecule has 1 aromatic rings. The van der Waals surface area contributed by atoms with E-state index in [4.69, 9.17) is 4.98 Å². The first-order valence-corrected chi connectivity index (χ1v) is 7.60. The van der Waals surface area contributed by atoms with Crippen LogP contribution in [0.4, 0.5) is 0 Å². The van der Waals surface area contributed by atoms with Gasteiger partial charge < -0.3 is 9.88 Å². The lowest BCUT2D eigenvalue weighted by Crippen LogP contribution is -2.29. The predicted molar refractivity (Wildman–Crippen MR) is 73.7 cm³/mol. The van der Waals surface area contributed by atoms with E-state index in [1.54, 1.807) is 0 Å². The topological polar surface area (TPSA) is 29.9 Å². The molecular formula is C15H25N3. The van der Waals surface area contributed by atoms with E-state index >= 15 is 0 Å². The van der Waals surface area contributed by atoms with Crippen LogP contribution >= 0.6 is 0 Å². The maximum Gasteiger partial charge on any atom is 0.109 e. The molecule has 18 heavy (non-hydrogen) atoms. The van der Waals surface area contributed by atoms with E-state index < -0.39 is 0 Å². The zero-order valence-corrected chi connectivity index (χ0v) is 11.7. The van der Waals surface area contributed by atoms with Crippen molar-refractivity contribution in [3.05, 3.63) is 17.2 Å². The molecule has 2 heterocycles. The summed E-state index contributed by atoms with van der Waals surface area (Å²) in [6, 6.07) is 0.711. The fourth-order valence-electron chi connectivity index (χ4n) is 3.71. The van der Waals surface area contributed by atoms with Gasteiger partial charge in [-0.2, -0.15) is 0 Å². The number of nitrogens with one attached hydrogen (secondary N) is 1. The standard InChI is InChI=1S/C15H25N3/c1-3-15-17-12-10-16-9-8-14(12)18(15)13-7-5-4-6-11(13)2/h11,13,16H,3-10H2,1-2H3. The Hall–Kier alpha value is -0.830. The lowest BCUT2D eigenvalue weighted by atomic mass is 9.85. The molecule has 2 aliphatic rings. The minimum Gasteiger partial charge on any atom is -0.328 e. The van der Waals surface area contributed by atoms with E-state index in [2.05, 4.69) is 23.7 Å². The van der Waals surface area contributed by atoms with Gasteiger partial charge >= 0.3 is 0 Å². The fourth-order valence-corrected chi connectivity index (χ4v) is 3.71. The van der Waals surface area contributed by atoms with Crippen molar-refractivity contribution in [3.63, 3.8) is 0 Å². The molecular weight excluding hydrogens is 222 g/mol. The van der Waals surface area contributed by atoms with Crippen molar-refractivity contribution in [1.29, 1.82) is 0 Å². The molecule has 0 bridgehead atoms. The molecule has 0 radical (unpaired) electrons. The van der Waals surface area contributed by atoms with Crippen LogP contribution in [0.3, 0.4) is 0 Å². The first-order chi connectivity index (χ1) is 8.81. The molecule has 0 amide bonds. The molecule has 0 spiro atoms. The maximum atomic E-state index is 4.88. The second-order valence-corrected chi connectivity index (χ2v) is 5.90. The Kier molecular flexibility index (Phi) is 3.42. The molecule has 1 aromatic heterocycles. The molecule has 3 nitrogen and oxygen atoms in total. The largest absolute Gasteiger partial charge is 0.328 e. The number of fused-ring (bicyclic) bond motifs is 1. The van der Waals surface area contributed by atoms with E-state index in [-0.39, 0.29) is 0 Å². The first-order valence-electron chi connectivity index (χ1n) is 7.60. The molecule has 0 saturated heterocycles. The van der Waals surface area contributed by atoms with Crippen LogP contribution in [0.5, 0.6) is 0 Å². The summed E-state index contributed by atoms with van der Waals surface area (Å²) in [4.78, 5) is 4.88. The summed E-state index contributed by atoms with van der Waals surface area (Å²) in [5.41, 5.74) is 2.85. The summed E-state index contributed by atoms with van der Waals surface area (Å²) in [5, 5.41) is 3.44. The van der Waals surface area contributed by atoms with Gasteiger partial charge in [0.15, 0.2) is 0 Å². The predicted octanol–water partition coefficient (Wildman–Crippen LogP) is 2.84. The van der Waals surface area contributed by atoms with Crippen molar-refractivity contribution in [1.82, 2.24) is 14.9 Å². The maximum absolute atomic E-state index is 4.88. The van der Waals surface area contributed by atoms with Gasteiger partial charge in [-0.25, -0.2) is 4.98 Å². The molecule has 1 saturated carbocycles. The zero-order valence-electron chi connectivity index (χ0n) is 11.7. The number of aromatic nitrogens is 2. The second kappa shape index (κ2) is 5.04. The van der Waals surface area contributed by atoms with Crippen molar-refractivity contribution < 1.29 is 0 Å². The van der Waals surface area contributed by atoms with Crippen molar-refractivity contribution in [3.8, 4) is 0 Å². The number of imidazole rings is 1. The Bertz CT molecular complexity index is 422. The van der Waals surface area contributed by atoms with Crippen molar-refractivity contribution in [2.24, 2.45) is 5.92 Å². The lowest BCUT2D eigenvalue weighted by molar-refractivity contribution is 0.247. The monoisotopic (exact) mass is 247 g/mol. The lowest BCUT2D eigenvalue weighted by Gasteiger charge is -2.33. The van der Waals surface area contributed by atoms with Crippen LogP contribution in [0, 0.1) is 5.92 Å². The highest BCUT2D eigenvalue weighted by atomic mass is 15.1. The summed E-state index contributed by atoms with van der Waals surface area (Å²) in [5.74, 6) is 2.14. The van der Waals surface area contributed by atoms with Crippen LogP contribution in [0.15, 0.2) is 0 Å². The van der Waals surface area contributed by atoms with Gasteiger partial charge in [-0.3, -0.25) is 0 Å². The van der Waals surface area contributed by atoms with E-state index in [9.17, 15) is 0 Å². The molecule has 3 heteroatoms. The summed E-state index contributed by atoms with van der Waals surface area (Å²) >= 11 is 0. The fraction of sp³-hybridized carbons (Fsp3) is 0.800. The number of nitrogens with zero attached hydrogens (tertiary/aromatic N) is 2. The van der Waals surface area contributed by atoms with E-state index in [1.165, 1.54) is 42.9 Å². The van der Waals surface area contributed by atoms with Gasteiger partial charge in [-0.05, 0) is 18.8 Å². The molecule has 3 rings (SSSR count). The second-order valence-electron chi connectivity index (χ2n) is 5.90. The number of hydrogen-bond donors (Lipinski definition) is 1. The molecule has 1 aliphatic heterocycles. The van der Waals surface area contributed by atoms with Crippen molar-refractivity contribution in [2.45, 2.75) is 65.0 Å². The van der Waals surface area contributed by atoms with Gasteiger partial charge in [0, 0.05) is 37.7 Å². The summed E-state index contributed by atoms with van der Waals surface area (Å²) in [6.45, 7) is 6.75. The van der Waals surface area contributed by atoms with Crippen molar-refractivity contribution >= 4 is 0 Å². The number of hydrogen-bond acceptors (Lipinski definition) is 2. The van der Waals surface area contributed by atoms with E-state index in [0.29, 0.717) is 6.04 Å². The van der Waals surface area contributed by atoms with Crippen LogP contribution < -0.4 is 5.32 Å². The number of rotatable bonds is 2. The molecule has 1 fully saturated rings. The van der Waals surface area contributed by atoms with Gasteiger partial charge in [0.25, 0.3) is 0 Å². The quantitative estimate of drug-likeness (QED) is 0.871. The summed E-state index contributed by atoms with van der Waals surface area (Å²) < 4.78 is 2.62. The van der Waals surface area contributed by atoms with Crippen LogP contribution in [0.1, 0.15) is 62.8 Å². The molecule has 1 N–H and O–H groups in total. The average molecular weight is 247 g/mol. The number of aryl methyl sites for hydroxylation is 1. The first kappa shape index (κ1) is 12.2. The van der Waals surface area contributed by atoms with E-state index in [1.807, 2.05) is 0 Å². The third-order valence-electron chi connectivity index (χ3n) is 4.71. The summed E-state index contributed by atoms with van der Waals surface area (Å²) in [7, 11) is 0. The smallest absolute Gasteiger partial charge is 0.109 e. The van der Waals surface area contributed by atoms with Gasteiger partial charge in [0.2, 0.25) is 0 Å². The van der Waals surface area contributed by atoms with Crippen LogP contribution in [-0.4, -0.2) is 16.1 Å². The molecule has 2 atom stereocenters. The third kappa shape index (κ3) is 1.99.